The van der Waals surface area contributed by atoms with Gasteiger partial charge in [-0.15, -0.1) is 0 Å². The molecule has 1 aliphatic heterocycles. The van der Waals surface area contributed by atoms with Gasteiger partial charge in [0.1, 0.15) is 36.4 Å². The minimum absolute atomic E-state index is 0.00599. The Morgan fingerprint density at radius 1 is 0.606 bits per heavy atom. The molecule has 9 N–H and O–H groups in total. The van der Waals surface area contributed by atoms with Gasteiger partial charge in [-0.3, -0.25) is 38.9 Å². The molecule has 5 rings (SSSR count). The van der Waals surface area contributed by atoms with Crippen LogP contribution in [0.3, 0.4) is 0 Å². The van der Waals surface area contributed by atoms with E-state index in [4.69, 9.17) is 5.73 Å². The molecule has 1 fully saturated rings. The quantitative estimate of drug-likeness (QED) is 0.0450. The standard InChI is InChI=1S/C55H74N8O8/c1-33(2)27-43(50(66)58-42(49(56)65)30-37-17-10-8-11-18-37)59-51(67)44(28-34(3)4)61-54(70)48(35(5)6)62-52(68)45(31-38-19-12-9-13-20-38)60-53(69)47-23-16-26-63(47)55(71)46(57-36(7)64)32-39-24-25-40-21-14-15-22-41(40)29-39/h8-15,17-22,24-25,29,33-35,42-48,51,59,67H,16,23,26-28,30-32H2,1-7H3,(H2,56,65)(H,57,64)(H,58,66)(H,60,69)(H,61,70)(H,62,68)/t42-,43-,44-,45-,46-,47-,48-,51-/m0/s1. The van der Waals surface area contributed by atoms with Crippen molar-refractivity contribution in [1.29, 1.82) is 0 Å². The van der Waals surface area contributed by atoms with Crippen molar-refractivity contribution in [2.75, 3.05) is 6.54 Å². The number of hydrogen-bond acceptors (Lipinski definition) is 9. The molecule has 4 aromatic carbocycles. The van der Waals surface area contributed by atoms with E-state index < -0.39 is 89.9 Å². The zero-order chi connectivity index (χ0) is 51.8. The number of nitrogens with two attached hydrogens (primary N) is 1. The lowest BCUT2D eigenvalue weighted by molar-refractivity contribution is -0.142. The van der Waals surface area contributed by atoms with Crippen LogP contribution in [0.2, 0.25) is 0 Å². The number of carbonyl (C=O) groups is 7. The number of carbonyl (C=O) groups excluding carboxylic acids is 7. The first-order chi connectivity index (χ1) is 33.8. The number of nitrogens with zero attached hydrogens (tertiary/aromatic N) is 1. The van der Waals surface area contributed by atoms with E-state index in [1.807, 2.05) is 131 Å². The number of aliphatic hydroxyl groups is 1. The molecule has 0 radical (unpaired) electrons. The predicted octanol–water partition coefficient (Wildman–Crippen LogP) is 3.81. The fraction of sp³-hybridized carbons (Fsp3) is 0.473. The molecule has 8 atom stereocenters. The predicted molar refractivity (Wildman–Crippen MR) is 274 cm³/mol. The lowest BCUT2D eigenvalue weighted by Gasteiger charge is -2.33. The summed E-state index contributed by atoms with van der Waals surface area (Å²) < 4.78 is 0. The molecule has 1 saturated heterocycles. The van der Waals surface area contributed by atoms with Gasteiger partial charge in [0.2, 0.25) is 41.4 Å². The highest BCUT2D eigenvalue weighted by Gasteiger charge is 2.40. The second-order valence-corrected chi connectivity index (χ2v) is 20.0. The van der Waals surface area contributed by atoms with E-state index in [-0.39, 0.29) is 50.0 Å². The summed E-state index contributed by atoms with van der Waals surface area (Å²) in [6.45, 7) is 12.8. The average molecular weight is 975 g/mol. The molecule has 16 heteroatoms. The number of aliphatic hydroxyl groups excluding tert-OH is 1. The third-order valence-corrected chi connectivity index (χ3v) is 12.7. The van der Waals surface area contributed by atoms with Crippen molar-refractivity contribution in [2.45, 2.75) is 142 Å². The van der Waals surface area contributed by atoms with Gasteiger partial charge in [0.05, 0.1) is 12.1 Å². The van der Waals surface area contributed by atoms with E-state index in [1.165, 1.54) is 11.8 Å². The molecule has 382 valence electrons. The maximum Gasteiger partial charge on any atom is 0.246 e. The summed E-state index contributed by atoms with van der Waals surface area (Å²) in [4.78, 5) is 97.6. The minimum Gasteiger partial charge on any atom is -0.376 e. The third-order valence-electron chi connectivity index (χ3n) is 12.7. The van der Waals surface area contributed by atoms with Crippen molar-refractivity contribution >= 4 is 52.1 Å². The summed E-state index contributed by atoms with van der Waals surface area (Å²) in [6.07, 6.45) is 0.468. The van der Waals surface area contributed by atoms with Crippen LogP contribution in [0.15, 0.2) is 103 Å². The van der Waals surface area contributed by atoms with Gasteiger partial charge in [-0.25, -0.2) is 0 Å². The molecule has 1 aliphatic rings. The normalized spacial score (nSPS) is 16.6. The number of nitrogens with one attached hydrogen (secondary N) is 6. The Balaban J connectivity index is 1.31. The molecule has 0 saturated carbocycles. The second-order valence-electron chi connectivity index (χ2n) is 20.0. The van der Waals surface area contributed by atoms with Gasteiger partial charge in [0.25, 0.3) is 0 Å². The first kappa shape index (κ1) is 55.3. The van der Waals surface area contributed by atoms with Crippen LogP contribution >= 0.6 is 0 Å². The van der Waals surface area contributed by atoms with Crippen molar-refractivity contribution in [3.05, 3.63) is 120 Å². The number of likely N-dealkylation sites (tertiary alicyclic amines) is 1. The molecule has 7 amide bonds. The van der Waals surface area contributed by atoms with Crippen LogP contribution in [0.25, 0.3) is 10.8 Å². The monoisotopic (exact) mass is 975 g/mol. The summed E-state index contributed by atoms with van der Waals surface area (Å²) in [5.41, 5.74) is 8.10. The summed E-state index contributed by atoms with van der Waals surface area (Å²) in [6, 6.07) is 24.9. The number of amides is 7. The van der Waals surface area contributed by atoms with Gasteiger partial charge in [-0.2, -0.15) is 0 Å². The fourth-order valence-corrected chi connectivity index (χ4v) is 9.10. The topological polar surface area (TPSA) is 241 Å². The van der Waals surface area contributed by atoms with Crippen molar-refractivity contribution in [3.63, 3.8) is 0 Å². The molecular weight excluding hydrogens is 901 g/mol. The van der Waals surface area contributed by atoms with Crippen LogP contribution in [-0.4, -0.2) is 106 Å². The van der Waals surface area contributed by atoms with E-state index in [2.05, 4.69) is 31.9 Å². The third kappa shape index (κ3) is 16.7. The minimum atomic E-state index is -1.43. The Hall–Kier alpha value is -6.65. The Labute approximate surface area is 418 Å². The van der Waals surface area contributed by atoms with Gasteiger partial charge < -0.3 is 42.3 Å². The molecule has 16 nitrogen and oxygen atoms in total. The molecule has 0 aliphatic carbocycles. The Morgan fingerprint density at radius 3 is 1.75 bits per heavy atom. The number of fused-ring (bicyclic) bond motifs is 1. The largest absolute Gasteiger partial charge is 0.376 e. The highest BCUT2D eigenvalue weighted by atomic mass is 16.3. The van der Waals surface area contributed by atoms with Crippen LogP contribution in [0.1, 0.15) is 90.8 Å². The SMILES string of the molecule is CC(=O)N[C@@H](Cc1ccc2ccccc2c1)C(=O)N1CCC[C@H]1C(=O)N[C@@H](Cc1ccccc1)C(=O)N[C@H](C(=O)N[C@@H](CC(C)C)[C@H](O)N[C@@H](CC(C)C)C(=O)N[C@@H](Cc1ccccc1)C(N)=O)C(C)C. The van der Waals surface area contributed by atoms with Gasteiger partial charge >= 0.3 is 0 Å². The number of hydrogen-bond donors (Lipinski definition) is 8. The van der Waals surface area contributed by atoms with Crippen molar-refractivity contribution in [1.82, 2.24) is 36.8 Å². The molecule has 4 aromatic rings. The van der Waals surface area contributed by atoms with Gasteiger partial charge in [0, 0.05) is 32.7 Å². The maximum absolute atomic E-state index is 14.5. The first-order valence-electron chi connectivity index (χ1n) is 24.9. The molecule has 0 aromatic heterocycles. The van der Waals surface area contributed by atoms with Gasteiger partial charge in [-0.1, -0.05) is 145 Å². The summed E-state index contributed by atoms with van der Waals surface area (Å²) in [5, 5.41) is 31.1. The van der Waals surface area contributed by atoms with E-state index in [9.17, 15) is 38.7 Å². The molecule has 1 heterocycles. The van der Waals surface area contributed by atoms with E-state index in [1.54, 1.807) is 13.8 Å². The lowest BCUT2D eigenvalue weighted by atomic mass is 9.97. The summed E-state index contributed by atoms with van der Waals surface area (Å²) in [5.74, 6) is -4.29. The zero-order valence-electron chi connectivity index (χ0n) is 42.2. The second kappa shape index (κ2) is 26.5. The highest BCUT2D eigenvalue weighted by molar-refractivity contribution is 5.96. The van der Waals surface area contributed by atoms with Crippen LogP contribution in [0.5, 0.6) is 0 Å². The van der Waals surface area contributed by atoms with E-state index >= 15 is 0 Å². The van der Waals surface area contributed by atoms with Crippen LogP contribution in [-0.2, 0) is 52.8 Å². The Bertz CT molecular complexity index is 2430. The average Bonchev–Trinajstić information content (AvgIpc) is 3.82. The van der Waals surface area contributed by atoms with Crippen LogP contribution in [0, 0.1) is 17.8 Å². The van der Waals surface area contributed by atoms with Crippen LogP contribution in [0.4, 0.5) is 0 Å². The molecular formula is C55H74N8O8. The van der Waals surface area contributed by atoms with Crippen molar-refractivity contribution in [2.24, 2.45) is 23.5 Å². The highest BCUT2D eigenvalue weighted by Crippen LogP contribution is 2.23. The fourth-order valence-electron chi connectivity index (χ4n) is 9.10. The van der Waals surface area contributed by atoms with E-state index in [0.717, 1.165) is 27.5 Å². The molecule has 0 spiro atoms. The van der Waals surface area contributed by atoms with Crippen molar-refractivity contribution < 1.29 is 38.7 Å². The zero-order valence-corrected chi connectivity index (χ0v) is 42.2. The molecule has 0 bridgehead atoms. The van der Waals surface area contributed by atoms with Gasteiger partial charge in [-0.05, 0) is 70.9 Å². The molecule has 71 heavy (non-hydrogen) atoms. The van der Waals surface area contributed by atoms with Gasteiger partial charge in [0.15, 0.2) is 0 Å². The number of primary amides is 1. The molecule has 0 unspecified atom stereocenters. The summed E-state index contributed by atoms with van der Waals surface area (Å²) in [7, 11) is 0. The Morgan fingerprint density at radius 2 is 1.17 bits per heavy atom. The number of rotatable bonds is 25. The smallest absolute Gasteiger partial charge is 0.246 e. The lowest BCUT2D eigenvalue weighted by Crippen LogP contribution is -2.62. The van der Waals surface area contributed by atoms with Crippen LogP contribution < -0.4 is 37.6 Å². The van der Waals surface area contributed by atoms with E-state index in [0.29, 0.717) is 19.3 Å². The number of benzene rings is 4. The first-order valence-corrected chi connectivity index (χ1v) is 24.9. The maximum atomic E-state index is 14.5. The Kier molecular flexibility index (Phi) is 20.7. The summed E-state index contributed by atoms with van der Waals surface area (Å²) >= 11 is 0. The van der Waals surface area contributed by atoms with Crippen molar-refractivity contribution in [3.8, 4) is 0 Å².